The van der Waals surface area contributed by atoms with Crippen molar-refractivity contribution in [2.45, 2.75) is 6.54 Å². The first-order valence-electron chi connectivity index (χ1n) is 5.28. The van der Waals surface area contributed by atoms with Gasteiger partial charge in [0.05, 0.1) is 18.7 Å². The summed E-state index contributed by atoms with van der Waals surface area (Å²) in [6.07, 6.45) is 1.78. The Balaban J connectivity index is 2.16. The number of thiazole rings is 1. The minimum atomic E-state index is 0.687. The molecule has 6 heteroatoms. The lowest BCUT2D eigenvalue weighted by Gasteiger charge is -2.12. The molecule has 0 radical (unpaired) electrons. The molecule has 2 rings (SSSR count). The molecule has 0 amide bonds. The minimum absolute atomic E-state index is 0.687. The molecule has 0 bridgehead atoms. The Morgan fingerprint density at radius 3 is 2.78 bits per heavy atom. The van der Waals surface area contributed by atoms with Gasteiger partial charge in [-0.25, -0.2) is 4.98 Å². The highest BCUT2D eigenvalue weighted by molar-refractivity contribution is 9.10. The molecule has 0 aliphatic carbocycles. The summed E-state index contributed by atoms with van der Waals surface area (Å²) < 4.78 is 11.4. The number of nitrogens with one attached hydrogen (secondary N) is 1. The summed E-state index contributed by atoms with van der Waals surface area (Å²) >= 11 is 5.05. The van der Waals surface area contributed by atoms with Crippen LogP contribution in [-0.2, 0) is 6.54 Å². The molecule has 1 heterocycles. The standard InChI is InChI=1S/C12H13BrN2O2S/c1-16-10-6-8(5-9(13)11(10)17-2)7-15-12-14-3-4-18-12/h3-6H,7H2,1-2H3,(H,14,15). The molecule has 0 atom stereocenters. The number of nitrogens with zero attached hydrogens (tertiary/aromatic N) is 1. The molecule has 2 aromatic rings. The average Bonchev–Trinajstić information content (AvgIpc) is 2.88. The zero-order valence-corrected chi connectivity index (χ0v) is 12.5. The van der Waals surface area contributed by atoms with Gasteiger partial charge in [0.15, 0.2) is 16.6 Å². The number of anilines is 1. The number of aromatic nitrogens is 1. The van der Waals surface area contributed by atoms with Crippen molar-refractivity contribution >= 4 is 32.4 Å². The van der Waals surface area contributed by atoms with Crippen LogP contribution >= 0.6 is 27.3 Å². The van der Waals surface area contributed by atoms with E-state index in [9.17, 15) is 0 Å². The third kappa shape index (κ3) is 2.94. The van der Waals surface area contributed by atoms with Crippen molar-refractivity contribution in [3.8, 4) is 11.5 Å². The maximum absolute atomic E-state index is 5.30. The van der Waals surface area contributed by atoms with Gasteiger partial charge in [0, 0.05) is 18.1 Å². The fourth-order valence-electron chi connectivity index (χ4n) is 1.56. The quantitative estimate of drug-likeness (QED) is 0.911. The normalized spacial score (nSPS) is 10.2. The van der Waals surface area contributed by atoms with Crippen LogP contribution < -0.4 is 14.8 Å². The number of methoxy groups -OCH3 is 2. The van der Waals surface area contributed by atoms with Gasteiger partial charge in [0.2, 0.25) is 0 Å². The molecule has 18 heavy (non-hydrogen) atoms. The lowest BCUT2D eigenvalue weighted by atomic mass is 10.2. The molecular formula is C12H13BrN2O2S. The second kappa shape index (κ2) is 6.06. The number of rotatable bonds is 5. The zero-order valence-electron chi connectivity index (χ0n) is 10.1. The first-order chi connectivity index (χ1) is 8.74. The van der Waals surface area contributed by atoms with E-state index in [1.54, 1.807) is 31.8 Å². The average molecular weight is 329 g/mol. The van der Waals surface area contributed by atoms with Gasteiger partial charge in [-0.05, 0) is 33.6 Å². The first kappa shape index (κ1) is 13.2. The third-order valence-electron chi connectivity index (χ3n) is 2.37. The largest absolute Gasteiger partial charge is 0.493 e. The minimum Gasteiger partial charge on any atom is -0.493 e. The summed E-state index contributed by atoms with van der Waals surface area (Å²) in [6, 6.07) is 3.95. The maximum Gasteiger partial charge on any atom is 0.182 e. The predicted octanol–water partition coefficient (Wildman–Crippen LogP) is 3.53. The molecule has 0 aliphatic heterocycles. The highest BCUT2D eigenvalue weighted by Gasteiger charge is 2.10. The Morgan fingerprint density at radius 1 is 1.33 bits per heavy atom. The van der Waals surface area contributed by atoms with Gasteiger partial charge in [0.25, 0.3) is 0 Å². The Kier molecular flexibility index (Phi) is 4.43. The van der Waals surface area contributed by atoms with Crippen LogP contribution in [0.1, 0.15) is 5.56 Å². The number of hydrogen-bond donors (Lipinski definition) is 1. The van der Waals surface area contributed by atoms with Crippen molar-refractivity contribution in [1.82, 2.24) is 4.98 Å². The van der Waals surface area contributed by atoms with Crippen molar-refractivity contribution in [1.29, 1.82) is 0 Å². The predicted molar refractivity (Wildman–Crippen MR) is 76.7 cm³/mol. The molecule has 4 nitrogen and oxygen atoms in total. The van der Waals surface area contributed by atoms with Crippen LogP contribution in [0.25, 0.3) is 0 Å². The van der Waals surface area contributed by atoms with Gasteiger partial charge in [-0.1, -0.05) is 0 Å². The molecule has 0 spiro atoms. The van der Waals surface area contributed by atoms with Crippen molar-refractivity contribution in [3.05, 3.63) is 33.7 Å². The van der Waals surface area contributed by atoms with E-state index in [0.717, 1.165) is 15.2 Å². The number of benzene rings is 1. The van der Waals surface area contributed by atoms with Crippen LogP contribution in [0.2, 0.25) is 0 Å². The lowest BCUT2D eigenvalue weighted by Crippen LogP contribution is -2.00. The second-order valence-electron chi connectivity index (χ2n) is 3.50. The zero-order chi connectivity index (χ0) is 13.0. The van der Waals surface area contributed by atoms with Crippen LogP contribution in [-0.4, -0.2) is 19.2 Å². The molecule has 0 saturated carbocycles. The Hall–Kier alpha value is -1.27. The van der Waals surface area contributed by atoms with Crippen molar-refractivity contribution < 1.29 is 9.47 Å². The summed E-state index contributed by atoms with van der Waals surface area (Å²) in [7, 11) is 3.25. The summed E-state index contributed by atoms with van der Waals surface area (Å²) in [6.45, 7) is 0.687. The molecule has 0 unspecified atom stereocenters. The first-order valence-corrected chi connectivity index (χ1v) is 6.95. The molecule has 0 fully saturated rings. The highest BCUT2D eigenvalue weighted by Crippen LogP contribution is 2.36. The number of ether oxygens (including phenoxy) is 2. The highest BCUT2D eigenvalue weighted by atomic mass is 79.9. The number of hydrogen-bond acceptors (Lipinski definition) is 5. The summed E-state index contributed by atoms with van der Waals surface area (Å²) in [4.78, 5) is 4.17. The van der Waals surface area contributed by atoms with Crippen molar-refractivity contribution in [2.75, 3.05) is 19.5 Å². The molecule has 1 N–H and O–H groups in total. The smallest absolute Gasteiger partial charge is 0.182 e. The van der Waals surface area contributed by atoms with Crippen molar-refractivity contribution in [2.24, 2.45) is 0 Å². The Morgan fingerprint density at radius 2 is 2.17 bits per heavy atom. The van der Waals surface area contributed by atoms with E-state index < -0.39 is 0 Å². The van der Waals surface area contributed by atoms with Gasteiger partial charge >= 0.3 is 0 Å². The van der Waals surface area contributed by atoms with E-state index >= 15 is 0 Å². The van der Waals surface area contributed by atoms with Crippen molar-refractivity contribution in [3.63, 3.8) is 0 Å². The molecule has 0 saturated heterocycles. The fraction of sp³-hybridized carbons (Fsp3) is 0.250. The maximum atomic E-state index is 5.30. The summed E-state index contributed by atoms with van der Waals surface area (Å²) in [5.41, 5.74) is 1.09. The van der Waals surface area contributed by atoms with Crippen LogP contribution in [0, 0.1) is 0 Å². The topological polar surface area (TPSA) is 43.4 Å². The van der Waals surface area contributed by atoms with Gasteiger partial charge in [-0.2, -0.15) is 0 Å². The van der Waals surface area contributed by atoms with E-state index in [1.165, 1.54) is 0 Å². The van der Waals surface area contributed by atoms with Gasteiger partial charge in [0.1, 0.15) is 0 Å². The molecule has 1 aromatic carbocycles. The van der Waals surface area contributed by atoms with E-state index in [-0.39, 0.29) is 0 Å². The summed E-state index contributed by atoms with van der Waals surface area (Å²) in [5, 5.41) is 6.09. The third-order valence-corrected chi connectivity index (χ3v) is 3.69. The monoisotopic (exact) mass is 328 g/mol. The Labute approximate surface area is 118 Å². The van der Waals surface area contributed by atoms with E-state index in [2.05, 4.69) is 26.2 Å². The second-order valence-corrected chi connectivity index (χ2v) is 5.25. The molecule has 0 aliphatic rings. The van der Waals surface area contributed by atoms with E-state index in [1.807, 2.05) is 17.5 Å². The van der Waals surface area contributed by atoms with Crippen LogP contribution in [0.5, 0.6) is 11.5 Å². The lowest BCUT2D eigenvalue weighted by molar-refractivity contribution is 0.352. The molecular weight excluding hydrogens is 316 g/mol. The van der Waals surface area contributed by atoms with Crippen LogP contribution in [0.3, 0.4) is 0 Å². The van der Waals surface area contributed by atoms with Gasteiger partial charge in [-0.3, -0.25) is 0 Å². The fourth-order valence-corrected chi connectivity index (χ4v) is 2.74. The molecule has 1 aromatic heterocycles. The van der Waals surface area contributed by atoms with Gasteiger partial charge < -0.3 is 14.8 Å². The van der Waals surface area contributed by atoms with Gasteiger partial charge in [-0.15, -0.1) is 11.3 Å². The van der Waals surface area contributed by atoms with Crippen LogP contribution in [0.4, 0.5) is 5.13 Å². The number of halogens is 1. The summed E-state index contributed by atoms with van der Waals surface area (Å²) in [5.74, 6) is 1.42. The SMILES string of the molecule is COc1cc(CNc2nccs2)cc(Br)c1OC. The Bertz CT molecular complexity index is 517. The van der Waals surface area contributed by atoms with E-state index in [0.29, 0.717) is 18.0 Å². The van der Waals surface area contributed by atoms with E-state index in [4.69, 9.17) is 9.47 Å². The van der Waals surface area contributed by atoms with Crippen LogP contribution in [0.15, 0.2) is 28.2 Å². The molecule has 96 valence electrons.